The molecule has 0 unspecified atom stereocenters. The minimum atomic E-state index is -5.89. The SMILES string of the molecule is CC1CCC(C=Cc2cc(F)c(-c3cc(F)c(C(F)(F)OC(F)(F)F)c(F)c3)c(F)c2)CC1. The summed E-state index contributed by atoms with van der Waals surface area (Å²) in [5.41, 5.74) is -3.90. The number of halogens is 9. The summed E-state index contributed by atoms with van der Waals surface area (Å²) in [6.07, 6.45) is -3.98. The maximum atomic E-state index is 14.6. The molecule has 1 nitrogen and oxygen atoms in total. The van der Waals surface area contributed by atoms with E-state index < -0.39 is 52.4 Å². The van der Waals surface area contributed by atoms with Crippen LogP contribution in [0.1, 0.15) is 43.7 Å². The van der Waals surface area contributed by atoms with Gasteiger partial charge in [0.1, 0.15) is 28.8 Å². The molecule has 0 N–H and O–H groups in total. The van der Waals surface area contributed by atoms with E-state index in [0.29, 0.717) is 5.92 Å². The lowest BCUT2D eigenvalue weighted by Gasteiger charge is -2.23. The van der Waals surface area contributed by atoms with Gasteiger partial charge in [0.05, 0.1) is 5.56 Å². The minimum Gasteiger partial charge on any atom is -0.222 e. The molecule has 0 aliphatic heterocycles. The van der Waals surface area contributed by atoms with Crippen molar-refractivity contribution in [2.75, 3.05) is 0 Å². The van der Waals surface area contributed by atoms with Gasteiger partial charge in [-0.05, 0) is 60.1 Å². The highest BCUT2D eigenvalue weighted by Crippen LogP contribution is 2.41. The molecule has 2 aromatic rings. The first-order valence-electron chi connectivity index (χ1n) is 10.1. The Morgan fingerprint density at radius 3 is 1.79 bits per heavy atom. The Labute approximate surface area is 183 Å². The molecule has 0 atom stereocenters. The van der Waals surface area contributed by atoms with Crippen LogP contribution in [0.3, 0.4) is 0 Å². The third-order valence-corrected chi connectivity index (χ3v) is 5.55. The van der Waals surface area contributed by atoms with Gasteiger partial charge in [-0.25, -0.2) is 22.3 Å². The average molecular weight is 482 g/mol. The quantitative estimate of drug-likeness (QED) is 0.389. The molecule has 0 bridgehead atoms. The minimum absolute atomic E-state index is 0.117. The largest absolute Gasteiger partial charge is 0.527 e. The molecule has 0 radical (unpaired) electrons. The van der Waals surface area contributed by atoms with Crippen molar-refractivity contribution >= 4 is 6.08 Å². The maximum absolute atomic E-state index is 14.6. The summed E-state index contributed by atoms with van der Waals surface area (Å²) >= 11 is 0. The first kappa shape index (κ1) is 25.1. The van der Waals surface area contributed by atoms with Crippen molar-refractivity contribution in [3.8, 4) is 11.1 Å². The highest BCUT2D eigenvalue weighted by atomic mass is 19.4. The van der Waals surface area contributed by atoms with Crippen molar-refractivity contribution in [3.63, 3.8) is 0 Å². The smallest absolute Gasteiger partial charge is 0.222 e. The number of allylic oxidation sites excluding steroid dienone is 1. The van der Waals surface area contributed by atoms with E-state index in [1.54, 1.807) is 0 Å². The number of hydrogen-bond acceptors (Lipinski definition) is 1. The Bertz CT molecular complexity index is 989. The molecule has 2 aromatic carbocycles. The molecular weight excluding hydrogens is 463 g/mol. The van der Waals surface area contributed by atoms with E-state index in [0.717, 1.165) is 37.8 Å². The van der Waals surface area contributed by atoms with Gasteiger partial charge >= 0.3 is 12.5 Å². The van der Waals surface area contributed by atoms with Gasteiger partial charge < -0.3 is 0 Å². The maximum Gasteiger partial charge on any atom is 0.527 e. The zero-order chi connectivity index (χ0) is 24.6. The summed E-state index contributed by atoms with van der Waals surface area (Å²) in [4.78, 5) is 0. The average Bonchev–Trinajstić information content (AvgIpc) is 2.64. The van der Waals surface area contributed by atoms with Gasteiger partial charge in [-0.2, -0.15) is 8.78 Å². The van der Waals surface area contributed by atoms with Crippen molar-refractivity contribution in [3.05, 3.63) is 64.7 Å². The van der Waals surface area contributed by atoms with Crippen LogP contribution < -0.4 is 0 Å². The first-order valence-corrected chi connectivity index (χ1v) is 10.1. The molecule has 1 aliphatic rings. The molecule has 0 spiro atoms. The normalized spacial score (nSPS) is 19.9. The van der Waals surface area contributed by atoms with E-state index in [1.165, 1.54) is 6.08 Å². The number of alkyl halides is 5. The number of benzene rings is 2. The lowest BCUT2D eigenvalue weighted by molar-refractivity contribution is -0.432. The highest BCUT2D eigenvalue weighted by Gasteiger charge is 2.49. The van der Waals surface area contributed by atoms with Gasteiger partial charge in [0, 0.05) is 0 Å². The Kier molecular flexibility index (Phi) is 7.16. The van der Waals surface area contributed by atoms with Crippen molar-refractivity contribution in [1.29, 1.82) is 0 Å². The van der Waals surface area contributed by atoms with Gasteiger partial charge in [-0.3, -0.25) is 0 Å². The van der Waals surface area contributed by atoms with Crippen LogP contribution in [0.5, 0.6) is 0 Å². The first-order chi connectivity index (χ1) is 15.3. The van der Waals surface area contributed by atoms with Crippen LogP contribution in [-0.2, 0) is 10.8 Å². The molecule has 0 heterocycles. The fourth-order valence-corrected chi connectivity index (χ4v) is 3.88. The summed E-state index contributed by atoms with van der Waals surface area (Å²) in [6.45, 7) is 2.14. The number of rotatable bonds is 5. The van der Waals surface area contributed by atoms with Gasteiger partial charge in [0.15, 0.2) is 0 Å². The molecule has 3 rings (SSSR count). The predicted octanol–water partition coefficient (Wildman–Crippen LogP) is 8.34. The zero-order valence-corrected chi connectivity index (χ0v) is 17.3. The fourth-order valence-electron chi connectivity index (χ4n) is 3.88. The molecule has 33 heavy (non-hydrogen) atoms. The van der Waals surface area contributed by atoms with Crippen molar-refractivity contribution in [2.45, 2.75) is 45.1 Å². The Hall–Kier alpha value is -2.49. The van der Waals surface area contributed by atoms with Crippen LogP contribution in [0, 0.1) is 35.1 Å². The van der Waals surface area contributed by atoms with E-state index in [1.807, 2.05) is 6.08 Å². The van der Waals surface area contributed by atoms with Gasteiger partial charge in [-0.15, -0.1) is 13.2 Å². The van der Waals surface area contributed by atoms with E-state index in [2.05, 4.69) is 11.7 Å². The summed E-state index contributed by atoms with van der Waals surface area (Å²) < 4.78 is 124. The summed E-state index contributed by atoms with van der Waals surface area (Å²) in [7, 11) is 0. The zero-order valence-electron chi connectivity index (χ0n) is 17.3. The standard InChI is InChI=1S/C23H19F9O/c1-12-2-4-13(5-3-12)6-7-14-8-16(24)20(17(25)9-14)15-10-18(26)21(19(27)11-15)22(28,29)33-23(30,31)32/h6-13H,2-5H2,1H3. The topological polar surface area (TPSA) is 9.23 Å². The van der Waals surface area contributed by atoms with Gasteiger partial charge in [0.2, 0.25) is 0 Å². The van der Waals surface area contributed by atoms with E-state index in [9.17, 15) is 39.5 Å². The second kappa shape index (κ2) is 9.40. The van der Waals surface area contributed by atoms with E-state index in [4.69, 9.17) is 0 Å². The molecular formula is C23H19F9O. The second-order valence-corrected chi connectivity index (χ2v) is 8.12. The lowest BCUT2D eigenvalue weighted by Crippen LogP contribution is -2.29. The van der Waals surface area contributed by atoms with E-state index >= 15 is 0 Å². The van der Waals surface area contributed by atoms with Crippen LogP contribution in [0.25, 0.3) is 17.2 Å². The molecule has 0 amide bonds. The molecule has 1 fully saturated rings. The molecule has 180 valence electrons. The summed E-state index contributed by atoms with van der Waals surface area (Å²) in [6, 6.07) is 2.05. The number of hydrogen-bond donors (Lipinski definition) is 0. The predicted molar refractivity (Wildman–Crippen MR) is 103 cm³/mol. The third kappa shape index (κ3) is 6.10. The van der Waals surface area contributed by atoms with Crippen LogP contribution in [-0.4, -0.2) is 6.36 Å². The third-order valence-electron chi connectivity index (χ3n) is 5.55. The summed E-state index contributed by atoms with van der Waals surface area (Å²) in [5.74, 6) is -5.89. The Morgan fingerprint density at radius 2 is 1.30 bits per heavy atom. The lowest BCUT2D eigenvalue weighted by atomic mass is 9.83. The molecule has 0 aromatic heterocycles. The van der Waals surface area contributed by atoms with Crippen LogP contribution >= 0.6 is 0 Å². The highest BCUT2D eigenvalue weighted by molar-refractivity contribution is 5.68. The number of ether oxygens (including phenoxy) is 1. The van der Waals surface area contributed by atoms with Crippen LogP contribution in [0.2, 0.25) is 0 Å². The Balaban J connectivity index is 1.90. The van der Waals surface area contributed by atoms with Crippen LogP contribution in [0.4, 0.5) is 39.5 Å². The van der Waals surface area contributed by atoms with Crippen LogP contribution in [0.15, 0.2) is 30.3 Å². The molecule has 1 aliphatic carbocycles. The van der Waals surface area contributed by atoms with Gasteiger partial charge in [0.25, 0.3) is 0 Å². The summed E-state index contributed by atoms with van der Waals surface area (Å²) in [5, 5.41) is 0. The van der Waals surface area contributed by atoms with Crippen molar-refractivity contribution < 1.29 is 44.3 Å². The second-order valence-electron chi connectivity index (χ2n) is 8.12. The molecule has 0 saturated heterocycles. The van der Waals surface area contributed by atoms with Crippen molar-refractivity contribution in [1.82, 2.24) is 0 Å². The monoisotopic (exact) mass is 482 g/mol. The van der Waals surface area contributed by atoms with Gasteiger partial charge in [-0.1, -0.05) is 31.9 Å². The molecule has 1 saturated carbocycles. The van der Waals surface area contributed by atoms with E-state index in [-0.39, 0.29) is 23.6 Å². The molecule has 10 heteroatoms. The Morgan fingerprint density at radius 1 is 0.788 bits per heavy atom. The van der Waals surface area contributed by atoms with Crippen molar-refractivity contribution in [2.24, 2.45) is 11.8 Å². The fraction of sp³-hybridized carbons (Fsp3) is 0.391.